The SMILES string of the molecule is CCC(C)NC(N)=NCCc1cnn(-c2ccccc2)c1. The van der Waals surface area contributed by atoms with Crippen LogP contribution in [0.2, 0.25) is 0 Å². The first-order valence-corrected chi connectivity index (χ1v) is 7.34. The molecule has 1 atom stereocenters. The Hall–Kier alpha value is -2.30. The smallest absolute Gasteiger partial charge is 0.188 e. The number of aliphatic imine (C=N–C) groups is 1. The molecule has 0 radical (unpaired) electrons. The van der Waals surface area contributed by atoms with Crippen molar-refractivity contribution in [2.45, 2.75) is 32.7 Å². The summed E-state index contributed by atoms with van der Waals surface area (Å²) in [5, 5.41) is 7.52. The van der Waals surface area contributed by atoms with Crippen molar-refractivity contribution in [3.63, 3.8) is 0 Å². The molecule has 0 spiro atoms. The maximum atomic E-state index is 5.83. The van der Waals surface area contributed by atoms with Gasteiger partial charge in [0.2, 0.25) is 0 Å². The topological polar surface area (TPSA) is 68.2 Å². The zero-order valence-corrected chi connectivity index (χ0v) is 12.7. The summed E-state index contributed by atoms with van der Waals surface area (Å²) in [6.07, 6.45) is 5.76. The molecule has 2 rings (SSSR count). The van der Waals surface area contributed by atoms with Crippen molar-refractivity contribution in [2.24, 2.45) is 10.7 Å². The van der Waals surface area contributed by atoms with E-state index < -0.39 is 0 Å². The van der Waals surface area contributed by atoms with Crippen LogP contribution in [0.5, 0.6) is 0 Å². The van der Waals surface area contributed by atoms with Crippen molar-refractivity contribution in [3.8, 4) is 5.69 Å². The van der Waals surface area contributed by atoms with Gasteiger partial charge in [0.15, 0.2) is 5.96 Å². The lowest BCUT2D eigenvalue weighted by Crippen LogP contribution is -2.38. The number of guanidine groups is 1. The van der Waals surface area contributed by atoms with Gasteiger partial charge in [-0.25, -0.2) is 4.68 Å². The highest BCUT2D eigenvalue weighted by Gasteiger charge is 2.01. The first-order chi connectivity index (χ1) is 10.2. The second-order valence-corrected chi connectivity index (χ2v) is 5.10. The molecule has 5 nitrogen and oxygen atoms in total. The maximum Gasteiger partial charge on any atom is 0.188 e. The van der Waals surface area contributed by atoms with Crippen LogP contribution >= 0.6 is 0 Å². The summed E-state index contributed by atoms with van der Waals surface area (Å²) in [7, 11) is 0. The number of hydrogen-bond donors (Lipinski definition) is 2. The van der Waals surface area contributed by atoms with Gasteiger partial charge in [-0.1, -0.05) is 25.1 Å². The summed E-state index contributed by atoms with van der Waals surface area (Å²) in [5.41, 5.74) is 8.04. The fraction of sp³-hybridized carbons (Fsp3) is 0.375. The maximum absolute atomic E-state index is 5.83. The van der Waals surface area contributed by atoms with E-state index in [1.807, 2.05) is 47.4 Å². The minimum absolute atomic E-state index is 0.356. The predicted octanol–water partition coefficient (Wildman–Crippen LogP) is 2.12. The Morgan fingerprint density at radius 1 is 1.38 bits per heavy atom. The highest BCUT2D eigenvalue weighted by molar-refractivity contribution is 5.78. The molecule has 2 aromatic rings. The Bertz CT molecular complexity index is 573. The van der Waals surface area contributed by atoms with Gasteiger partial charge in [0.25, 0.3) is 0 Å². The predicted molar refractivity (Wildman–Crippen MR) is 86.6 cm³/mol. The molecule has 0 amide bonds. The summed E-state index contributed by atoms with van der Waals surface area (Å²) in [5.74, 6) is 0.514. The molecule has 0 aliphatic rings. The molecule has 1 aromatic heterocycles. The Labute approximate surface area is 125 Å². The monoisotopic (exact) mass is 285 g/mol. The molecular formula is C16H23N5. The molecule has 0 saturated heterocycles. The zero-order valence-electron chi connectivity index (χ0n) is 12.7. The van der Waals surface area contributed by atoms with E-state index in [4.69, 9.17) is 5.73 Å². The van der Waals surface area contributed by atoms with Crippen molar-refractivity contribution >= 4 is 5.96 Å². The molecule has 112 valence electrons. The largest absolute Gasteiger partial charge is 0.370 e. The lowest BCUT2D eigenvalue weighted by atomic mass is 10.2. The molecule has 5 heteroatoms. The number of benzene rings is 1. The Morgan fingerprint density at radius 3 is 2.86 bits per heavy atom. The molecule has 0 aliphatic heterocycles. The molecule has 1 unspecified atom stereocenters. The van der Waals surface area contributed by atoms with Gasteiger partial charge in [-0.2, -0.15) is 5.10 Å². The van der Waals surface area contributed by atoms with Crippen LogP contribution in [0.3, 0.4) is 0 Å². The number of aromatic nitrogens is 2. The molecule has 1 aromatic carbocycles. The molecule has 1 heterocycles. The number of rotatable bonds is 6. The molecule has 21 heavy (non-hydrogen) atoms. The Balaban J connectivity index is 1.87. The van der Waals surface area contributed by atoms with Crippen LogP contribution in [0, 0.1) is 0 Å². The van der Waals surface area contributed by atoms with Crippen LogP contribution in [-0.4, -0.2) is 28.3 Å². The van der Waals surface area contributed by atoms with Gasteiger partial charge < -0.3 is 11.1 Å². The summed E-state index contributed by atoms with van der Waals surface area (Å²) < 4.78 is 1.87. The molecule has 3 N–H and O–H groups in total. The Morgan fingerprint density at radius 2 is 2.14 bits per heavy atom. The zero-order chi connectivity index (χ0) is 15.1. The molecule has 0 bridgehead atoms. The van der Waals surface area contributed by atoms with E-state index in [9.17, 15) is 0 Å². The van der Waals surface area contributed by atoms with Gasteiger partial charge in [-0.3, -0.25) is 4.99 Å². The van der Waals surface area contributed by atoms with E-state index in [1.165, 1.54) is 0 Å². The lowest BCUT2D eigenvalue weighted by Gasteiger charge is -2.11. The molecule has 0 saturated carbocycles. The standard InChI is InChI=1S/C16H23N5/c1-3-13(2)20-16(17)18-10-9-14-11-19-21(12-14)15-7-5-4-6-8-15/h4-8,11-13H,3,9-10H2,1-2H3,(H3,17,18,20). The quantitative estimate of drug-likeness (QED) is 0.631. The van der Waals surface area contributed by atoms with Crippen molar-refractivity contribution in [3.05, 3.63) is 48.3 Å². The normalized spacial score (nSPS) is 13.1. The number of para-hydroxylation sites is 1. The van der Waals surface area contributed by atoms with Gasteiger partial charge in [0, 0.05) is 18.8 Å². The minimum atomic E-state index is 0.356. The fourth-order valence-corrected chi connectivity index (χ4v) is 1.92. The van der Waals surface area contributed by atoms with Gasteiger partial charge in [0.05, 0.1) is 11.9 Å². The first-order valence-electron chi connectivity index (χ1n) is 7.34. The average Bonchev–Trinajstić information content (AvgIpc) is 2.97. The van der Waals surface area contributed by atoms with Gasteiger partial charge in [-0.15, -0.1) is 0 Å². The van der Waals surface area contributed by atoms with Crippen molar-refractivity contribution in [2.75, 3.05) is 6.54 Å². The van der Waals surface area contributed by atoms with E-state index in [0.717, 1.165) is 24.1 Å². The van der Waals surface area contributed by atoms with Crippen molar-refractivity contribution in [1.82, 2.24) is 15.1 Å². The van der Waals surface area contributed by atoms with Crippen molar-refractivity contribution < 1.29 is 0 Å². The van der Waals surface area contributed by atoms with Crippen molar-refractivity contribution in [1.29, 1.82) is 0 Å². The van der Waals surface area contributed by atoms with Crippen LogP contribution in [0.4, 0.5) is 0 Å². The number of nitrogens with one attached hydrogen (secondary N) is 1. The summed E-state index contributed by atoms with van der Waals surface area (Å²) >= 11 is 0. The summed E-state index contributed by atoms with van der Waals surface area (Å²) in [6, 6.07) is 10.4. The molecular weight excluding hydrogens is 262 g/mol. The van der Waals surface area contributed by atoms with Crippen LogP contribution in [0.25, 0.3) is 5.69 Å². The van der Waals surface area contributed by atoms with Gasteiger partial charge in [0.1, 0.15) is 0 Å². The Kier molecular flexibility index (Phi) is 5.37. The van der Waals surface area contributed by atoms with Crippen LogP contribution < -0.4 is 11.1 Å². The van der Waals surface area contributed by atoms with Gasteiger partial charge in [-0.05, 0) is 37.5 Å². The third kappa shape index (κ3) is 4.63. The number of nitrogens with zero attached hydrogens (tertiary/aromatic N) is 3. The highest BCUT2D eigenvalue weighted by atomic mass is 15.3. The molecule has 0 aliphatic carbocycles. The van der Waals surface area contributed by atoms with E-state index in [2.05, 4.69) is 29.3 Å². The first kappa shape index (κ1) is 15.1. The second kappa shape index (κ2) is 7.47. The van der Waals surface area contributed by atoms with Crippen LogP contribution in [-0.2, 0) is 6.42 Å². The van der Waals surface area contributed by atoms with E-state index >= 15 is 0 Å². The van der Waals surface area contributed by atoms with Crippen LogP contribution in [0.15, 0.2) is 47.7 Å². The third-order valence-corrected chi connectivity index (χ3v) is 3.35. The minimum Gasteiger partial charge on any atom is -0.370 e. The summed E-state index contributed by atoms with van der Waals surface area (Å²) in [6.45, 7) is 4.87. The second-order valence-electron chi connectivity index (χ2n) is 5.10. The highest BCUT2D eigenvalue weighted by Crippen LogP contribution is 2.08. The molecule has 0 fully saturated rings. The fourth-order valence-electron chi connectivity index (χ4n) is 1.92. The van der Waals surface area contributed by atoms with E-state index in [0.29, 0.717) is 18.5 Å². The third-order valence-electron chi connectivity index (χ3n) is 3.35. The summed E-state index contributed by atoms with van der Waals surface area (Å²) in [4.78, 5) is 4.34. The van der Waals surface area contributed by atoms with E-state index in [-0.39, 0.29) is 0 Å². The van der Waals surface area contributed by atoms with Crippen LogP contribution in [0.1, 0.15) is 25.8 Å². The average molecular weight is 285 g/mol. The number of hydrogen-bond acceptors (Lipinski definition) is 2. The lowest BCUT2D eigenvalue weighted by molar-refractivity contribution is 0.636. The van der Waals surface area contributed by atoms with Gasteiger partial charge >= 0.3 is 0 Å². The van der Waals surface area contributed by atoms with E-state index in [1.54, 1.807) is 0 Å². The number of nitrogens with two attached hydrogens (primary N) is 1.